The molecule has 1 aliphatic heterocycles. The number of hydrogen-bond donors (Lipinski definition) is 2. The van der Waals surface area contributed by atoms with Crippen molar-refractivity contribution in [3.8, 4) is 0 Å². The molecule has 3 N–H and O–H groups in total. The number of rotatable bonds is 3. The second-order valence-corrected chi connectivity index (χ2v) is 4.53. The zero-order valence-corrected chi connectivity index (χ0v) is 10.2. The van der Waals surface area contributed by atoms with Gasteiger partial charge in [0.1, 0.15) is 0 Å². The molecule has 0 bridgehead atoms. The van der Waals surface area contributed by atoms with Gasteiger partial charge in [-0.05, 0) is 33.2 Å². The molecule has 0 spiro atoms. The zero-order chi connectivity index (χ0) is 11.4. The fraction of sp³-hybridized carbons (Fsp3) is 0.909. The van der Waals surface area contributed by atoms with Crippen LogP contribution in [0.15, 0.2) is 0 Å². The minimum absolute atomic E-state index is 0.223. The van der Waals surface area contributed by atoms with Crippen LogP contribution in [0.5, 0.6) is 0 Å². The van der Waals surface area contributed by atoms with Crippen LogP contribution in [0.3, 0.4) is 0 Å². The van der Waals surface area contributed by atoms with Crippen LogP contribution in [-0.2, 0) is 0 Å². The van der Waals surface area contributed by atoms with Crippen molar-refractivity contribution >= 4 is 5.96 Å². The summed E-state index contributed by atoms with van der Waals surface area (Å²) >= 11 is 0. The summed E-state index contributed by atoms with van der Waals surface area (Å²) in [6.45, 7) is 9.70. The van der Waals surface area contributed by atoms with E-state index in [4.69, 9.17) is 11.1 Å². The first-order valence-corrected chi connectivity index (χ1v) is 5.91. The molecule has 15 heavy (non-hydrogen) atoms. The van der Waals surface area contributed by atoms with Crippen LogP contribution in [-0.4, -0.2) is 47.5 Å². The number of likely N-dealkylation sites (tertiary alicyclic amines) is 1. The minimum Gasteiger partial charge on any atom is -0.370 e. The van der Waals surface area contributed by atoms with Crippen LogP contribution in [0.4, 0.5) is 0 Å². The van der Waals surface area contributed by atoms with E-state index < -0.39 is 0 Å². The number of nitrogens with zero attached hydrogens (tertiary/aromatic N) is 2. The van der Waals surface area contributed by atoms with E-state index in [0.717, 1.165) is 32.5 Å². The SMILES string of the molecule is CCN(C(C)C)C1CCN(C(=N)N)CC1. The van der Waals surface area contributed by atoms with E-state index in [2.05, 4.69) is 25.7 Å². The molecule has 0 aliphatic carbocycles. The average Bonchev–Trinajstić information content (AvgIpc) is 2.19. The fourth-order valence-corrected chi connectivity index (χ4v) is 2.48. The molecule has 0 aromatic heterocycles. The topological polar surface area (TPSA) is 56.4 Å². The van der Waals surface area contributed by atoms with Crippen molar-refractivity contribution in [2.45, 2.75) is 45.7 Å². The molecule has 0 aromatic carbocycles. The molecular formula is C11H24N4. The molecule has 0 amide bonds. The van der Waals surface area contributed by atoms with Gasteiger partial charge in [-0.3, -0.25) is 10.3 Å². The van der Waals surface area contributed by atoms with Gasteiger partial charge in [0.2, 0.25) is 0 Å². The lowest BCUT2D eigenvalue weighted by molar-refractivity contribution is 0.111. The normalized spacial score (nSPS) is 18.9. The van der Waals surface area contributed by atoms with Crippen molar-refractivity contribution in [1.82, 2.24) is 9.80 Å². The maximum Gasteiger partial charge on any atom is 0.188 e. The zero-order valence-electron chi connectivity index (χ0n) is 10.2. The van der Waals surface area contributed by atoms with Gasteiger partial charge in [-0.2, -0.15) is 0 Å². The van der Waals surface area contributed by atoms with Gasteiger partial charge < -0.3 is 10.6 Å². The van der Waals surface area contributed by atoms with Gasteiger partial charge in [0.05, 0.1) is 0 Å². The molecule has 0 saturated carbocycles. The Kier molecular flexibility index (Phi) is 4.39. The fourth-order valence-electron chi connectivity index (χ4n) is 2.48. The van der Waals surface area contributed by atoms with Crippen LogP contribution in [0.25, 0.3) is 0 Å². The largest absolute Gasteiger partial charge is 0.370 e. The monoisotopic (exact) mass is 212 g/mol. The minimum atomic E-state index is 0.223. The van der Waals surface area contributed by atoms with Gasteiger partial charge in [0.15, 0.2) is 5.96 Å². The molecule has 4 heteroatoms. The van der Waals surface area contributed by atoms with Crippen molar-refractivity contribution in [2.75, 3.05) is 19.6 Å². The second kappa shape index (κ2) is 5.35. The first-order chi connectivity index (χ1) is 7.06. The van der Waals surface area contributed by atoms with Gasteiger partial charge in [-0.25, -0.2) is 0 Å². The highest BCUT2D eigenvalue weighted by Crippen LogP contribution is 2.18. The van der Waals surface area contributed by atoms with E-state index in [1.165, 1.54) is 0 Å². The van der Waals surface area contributed by atoms with Crippen LogP contribution >= 0.6 is 0 Å². The van der Waals surface area contributed by atoms with Gasteiger partial charge in [-0.1, -0.05) is 6.92 Å². The molecule has 0 atom stereocenters. The number of nitrogens with two attached hydrogens (primary N) is 1. The van der Waals surface area contributed by atoms with E-state index in [1.54, 1.807) is 0 Å². The molecule has 1 rings (SSSR count). The molecule has 0 aromatic rings. The standard InChI is InChI=1S/C11H24N4/c1-4-15(9(2)3)10-5-7-14(8-6-10)11(12)13/h9-10H,4-8H2,1-3H3,(H3,12,13). The number of guanidine groups is 1. The summed E-state index contributed by atoms with van der Waals surface area (Å²) in [7, 11) is 0. The summed E-state index contributed by atoms with van der Waals surface area (Å²) in [4.78, 5) is 4.50. The third kappa shape index (κ3) is 3.09. The highest BCUT2D eigenvalue weighted by Gasteiger charge is 2.25. The Morgan fingerprint density at radius 1 is 1.47 bits per heavy atom. The van der Waals surface area contributed by atoms with E-state index in [9.17, 15) is 0 Å². The van der Waals surface area contributed by atoms with Crippen LogP contribution in [0, 0.1) is 5.41 Å². The molecule has 1 heterocycles. The number of piperidine rings is 1. The Morgan fingerprint density at radius 2 is 2.00 bits per heavy atom. The number of nitrogens with one attached hydrogen (secondary N) is 1. The molecule has 0 unspecified atom stereocenters. The molecule has 1 aliphatic rings. The first kappa shape index (κ1) is 12.3. The summed E-state index contributed by atoms with van der Waals surface area (Å²) < 4.78 is 0. The second-order valence-electron chi connectivity index (χ2n) is 4.53. The van der Waals surface area contributed by atoms with Crippen LogP contribution in [0.1, 0.15) is 33.6 Å². The van der Waals surface area contributed by atoms with E-state index in [-0.39, 0.29) is 5.96 Å². The molecule has 0 radical (unpaired) electrons. The maximum absolute atomic E-state index is 7.38. The van der Waals surface area contributed by atoms with Gasteiger partial charge in [0.25, 0.3) is 0 Å². The van der Waals surface area contributed by atoms with Crippen molar-refractivity contribution in [3.63, 3.8) is 0 Å². The van der Waals surface area contributed by atoms with Crippen LogP contribution < -0.4 is 5.73 Å². The van der Waals surface area contributed by atoms with Gasteiger partial charge >= 0.3 is 0 Å². The van der Waals surface area contributed by atoms with E-state index in [1.807, 2.05) is 4.90 Å². The van der Waals surface area contributed by atoms with E-state index in [0.29, 0.717) is 12.1 Å². The third-order valence-electron chi connectivity index (χ3n) is 3.30. The third-order valence-corrected chi connectivity index (χ3v) is 3.30. The predicted molar refractivity (Wildman–Crippen MR) is 64.0 cm³/mol. The van der Waals surface area contributed by atoms with Crippen molar-refractivity contribution in [1.29, 1.82) is 5.41 Å². The Balaban J connectivity index is 2.45. The summed E-state index contributed by atoms with van der Waals surface area (Å²) in [5.41, 5.74) is 5.48. The lowest BCUT2D eigenvalue weighted by Crippen LogP contribution is -2.50. The molecule has 88 valence electrons. The highest BCUT2D eigenvalue weighted by molar-refractivity contribution is 5.74. The van der Waals surface area contributed by atoms with Gasteiger partial charge in [-0.15, -0.1) is 0 Å². The lowest BCUT2D eigenvalue weighted by Gasteiger charge is -2.40. The van der Waals surface area contributed by atoms with E-state index >= 15 is 0 Å². The molecule has 1 fully saturated rings. The van der Waals surface area contributed by atoms with Crippen LogP contribution in [0.2, 0.25) is 0 Å². The quantitative estimate of drug-likeness (QED) is 0.543. The Morgan fingerprint density at radius 3 is 2.33 bits per heavy atom. The van der Waals surface area contributed by atoms with Crippen molar-refractivity contribution < 1.29 is 0 Å². The predicted octanol–water partition coefficient (Wildman–Crippen LogP) is 1.07. The first-order valence-electron chi connectivity index (χ1n) is 5.91. The molecule has 4 nitrogen and oxygen atoms in total. The van der Waals surface area contributed by atoms with Crippen molar-refractivity contribution in [3.05, 3.63) is 0 Å². The summed E-state index contributed by atoms with van der Waals surface area (Å²) in [5, 5.41) is 7.38. The molecule has 1 saturated heterocycles. The Bertz CT molecular complexity index is 207. The Hall–Kier alpha value is -0.770. The summed E-state index contributed by atoms with van der Waals surface area (Å²) in [5.74, 6) is 0.223. The Labute approximate surface area is 92.9 Å². The summed E-state index contributed by atoms with van der Waals surface area (Å²) in [6, 6.07) is 1.29. The smallest absolute Gasteiger partial charge is 0.188 e. The maximum atomic E-state index is 7.38. The lowest BCUT2D eigenvalue weighted by atomic mass is 10.0. The molecular weight excluding hydrogens is 188 g/mol. The van der Waals surface area contributed by atoms with Gasteiger partial charge in [0, 0.05) is 25.2 Å². The van der Waals surface area contributed by atoms with Crippen molar-refractivity contribution in [2.24, 2.45) is 5.73 Å². The average molecular weight is 212 g/mol. The highest BCUT2D eigenvalue weighted by atomic mass is 15.3. The number of hydrogen-bond acceptors (Lipinski definition) is 2. The summed E-state index contributed by atoms with van der Waals surface area (Å²) in [6.07, 6.45) is 2.26.